The van der Waals surface area contributed by atoms with Crippen LogP contribution in [0.5, 0.6) is 0 Å². The van der Waals surface area contributed by atoms with Crippen LogP contribution in [-0.4, -0.2) is 79.8 Å². The lowest BCUT2D eigenvalue weighted by atomic mass is 9.99. The highest BCUT2D eigenvalue weighted by molar-refractivity contribution is 7.45. The Morgan fingerprint density at radius 2 is 1.11 bits per heavy atom. The molecule has 4 unspecified atom stereocenters. The van der Waals surface area contributed by atoms with Gasteiger partial charge in [0, 0.05) is 6.42 Å². The number of carbonyl (C=O) groups excluding carboxylic acids is 1. The predicted molar refractivity (Wildman–Crippen MR) is 239 cm³/mol. The average molecular weight is 823 g/mol. The third-order valence-electron chi connectivity index (χ3n) is 9.86. The molecule has 0 fully saturated rings. The highest BCUT2D eigenvalue weighted by atomic mass is 31.2. The lowest BCUT2D eigenvalue weighted by Crippen LogP contribution is -2.51. The Bertz CT molecular complexity index is 1130. The number of likely N-dealkylation sites (N-methyl/N-ethyl adjacent to an activating group) is 1. The van der Waals surface area contributed by atoms with E-state index < -0.39 is 32.7 Å². The van der Waals surface area contributed by atoms with Gasteiger partial charge < -0.3 is 34.0 Å². The van der Waals surface area contributed by atoms with Crippen molar-refractivity contribution in [2.45, 2.75) is 193 Å². The molecule has 4 atom stereocenters. The Balaban J connectivity index is 4.51. The summed E-state index contributed by atoms with van der Waals surface area (Å²) in [5.41, 5.74) is 0. The van der Waals surface area contributed by atoms with E-state index in [9.17, 15) is 24.5 Å². The van der Waals surface area contributed by atoms with E-state index in [2.05, 4.69) is 79.9 Å². The molecule has 0 aliphatic rings. The number of aliphatic hydroxyl groups excluding tert-OH is 2. The summed E-state index contributed by atoms with van der Waals surface area (Å²) in [5.74, 6) is -0.300. The van der Waals surface area contributed by atoms with Crippen LogP contribution in [-0.2, 0) is 18.4 Å². The normalized spacial score (nSPS) is 15.4. The van der Waals surface area contributed by atoms with Crippen molar-refractivity contribution in [3.05, 3.63) is 60.8 Å². The van der Waals surface area contributed by atoms with Crippen LogP contribution in [0.4, 0.5) is 0 Å². The molecule has 0 aliphatic carbocycles. The first kappa shape index (κ1) is 55.2. The van der Waals surface area contributed by atoms with Crippen LogP contribution in [0.25, 0.3) is 0 Å². The summed E-state index contributed by atoms with van der Waals surface area (Å²) in [5, 5.41) is 24.6. The molecule has 0 bridgehead atoms. The Kier molecular flexibility index (Phi) is 37.1. The quantitative estimate of drug-likeness (QED) is 0.0243. The summed E-state index contributed by atoms with van der Waals surface area (Å²) >= 11 is 0. The molecule has 0 spiro atoms. The summed E-state index contributed by atoms with van der Waals surface area (Å²) in [6.45, 7) is 4.29. The highest BCUT2D eigenvalue weighted by Gasteiger charge is 2.29. The van der Waals surface area contributed by atoms with Crippen molar-refractivity contribution in [1.29, 1.82) is 0 Å². The molecule has 0 aromatic carbocycles. The minimum atomic E-state index is -4.67. The molecule has 0 radical (unpaired) electrons. The molecule has 1 amide bonds. The van der Waals surface area contributed by atoms with E-state index in [-0.39, 0.29) is 18.9 Å². The van der Waals surface area contributed by atoms with Gasteiger partial charge in [-0.05, 0) is 57.8 Å². The van der Waals surface area contributed by atoms with Crippen LogP contribution in [0.15, 0.2) is 60.8 Å². The van der Waals surface area contributed by atoms with Crippen LogP contribution in [0.1, 0.15) is 174 Å². The second-order valence-corrected chi connectivity index (χ2v) is 17.9. The number of rotatable bonds is 40. The lowest BCUT2D eigenvalue weighted by molar-refractivity contribution is -0.870. The van der Waals surface area contributed by atoms with Gasteiger partial charge in [0.05, 0.1) is 39.9 Å². The number of phosphoric acid groups is 1. The predicted octanol–water partition coefficient (Wildman–Crippen LogP) is 11.0. The summed E-state index contributed by atoms with van der Waals surface area (Å²) in [4.78, 5) is 25.4. The minimum absolute atomic E-state index is 0.0479. The van der Waals surface area contributed by atoms with Crippen molar-refractivity contribution in [2.75, 3.05) is 40.9 Å². The number of allylic oxidation sites excluding steroid dienone is 10. The molecule has 9 nitrogen and oxygen atoms in total. The molecule has 0 aromatic rings. The standard InChI is InChI=1S/C47H87N2O7P/c1-6-8-10-12-14-16-18-20-21-22-23-24-25-26-27-28-30-32-34-36-38-40-46(51)48-44(43-56-57(53,54)55-42-41-49(3,4)5)47(52)45(50)39-37-35-33-31-29-19-17-15-13-11-9-7-2/h8,10,14,16,20-21,23-24,26-27,44-45,47,50,52H,6-7,9,11-13,15,17-19,22,25,28-43H2,1-5H3,(H-,48,51,53,54)/b10-8-,16-14-,21-20-,24-23-,27-26-. The molecule has 0 aromatic heterocycles. The number of nitrogens with one attached hydrogen (secondary N) is 1. The van der Waals surface area contributed by atoms with Crippen LogP contribution in [0.2, 0.25) is 0 Å². The molecule has 0 saturated carbocycles. The first-order chi connectivity index (χ1) is 27.4. The summed E-state index contributed by atoms with van der Waals surface area (Å²) in [6, 6.07) is -1.09. The number of nitrogens with zero attached hydrogens (tertiary/aromatic N) is 1. The van der Waals surface area contributed by atoms with E-state index >= 15 is 0 Å². The number of quaternary nitrogens is 1. The zero-order chi connectivity index (χ0) is 42.3. The monoisotopic (exact) mass is 823 g/mol. The number of amides is 1. The number of carbonyl (C=O) groups is 1. The molecular weight excluding hydrogens is 735 g/mol. The fraction of sp³-hybridized carbons (Fsp3) is 0.766. The Morgan fingerprint density at radius 1 is 0.649 bits per heavy atom. The van der Waals surface area contributed by atoms with Crippen molar-refractivity contribution in [2.24, 2.45) is 0 Å². The Hall–Kier alpha value is -1.84. The van der Waals surface area contributed by atoms with Gasteiger partial charge in [-0.3, -0.25) is 9.36 Å². The summed E-state index contributed by atoms with van der Waals surface area (Å²) in [6.07, 6.45) is 45.4. The fourth-order valence-electron chi connectivity index (χ4n) is 6.22. The molecular formula is C47H87N2O7P. The molecule has 332 valence electrons. The van der Waals surface area contributed by atoms with Gasteiger partial charge in [0.25, 0.3) is 7.82 Å². The third-order valence-corrected chi connectivity index (χ3v) is 10.8. The van der Waals surface area contributed by atoms with Crippen LogP contribution >= 0.6 is 7.82 Å². The van der Waals surface area contributed by atoms with E-state index in [1.54, 1.807) is 0 Å². The Morgan fingerprint density at radius 3 is 1.61 bits per heavy atom. The molecule has 10 heteroatoms. The van der Waals surface area contributed by atoms with E-state index in [0.717, 1.165) is 89.9 Å². The average Bonchev–Trinajstić information content (AvgIpc) is 3.16. The first-order valence-electron chi connectivity index (χ1n) is 22.7. The van der Waals surface area contributed by atoms with Gasteiger partial charge >= 0.3 is 0 Å². The zero-order valence-corrected chi connectivity index (χ0v) is 38.0. The summed E-state index contributed by atoms with van der Waals surface area (Å²) < 4.78 is 23.1. The smallest absolute Gasteiger partial charge is 0.268 e. The van der Waals surface area contributed by atoms with Gasteiger partial charge in [0.2, 0.25) is 5.91 Å². The maximum absolute atomic E-state index is 12.9. The van der Waals surface area contributed by atoms with Gasteiger partial charge in [-0.15, -0.1) is 0 Å². The van der Waals surface area contributed by atoms with Gasteiger partial charge in [-0.2, -0.15) is 0 Å². The van der Waals surface area contributed by atoms with Crippen LogP contribution < -0.4 is 10.2 Å². The topological polar surface area (TPSA) is 128 Å². The first-order valence-corrected chi connectivity index (χ1v) is 24.2. The molecule has 0 saturated heterocycles. The minimum Gasteiger partial charge on any atom is -0.756 e. The maximum atomic E-state index is 12.9. The third kappa shape index (κ3) is 39.4. The second-order valence-electron chi connectivity index (χ2n) is 16.5. The van der Waals surface area contributed by atoms with Crippen molar-refractivity contribution in [1.82, 2.24) is 5.32 Å². The van der Waals surface area contributed by atoms with Gasteiger partial charge in [0.1, 0.15) is 19.3 Å². The molecule has 0 aliphatic heterocycles. The summed E-state index contributed by atoms with van der Waals surface area (Å²) in [7, 11) is 1.10. The van der Waals surface area contributed by atoms with Crippen molar-refractivity contribution in [3.8, 4) is 0 Å². The van der Waals surface area contributed by atoms with Gasteiger partial charge in [-0.25, -0.2) is 0 Å². The van der Waals surface area contributed by atoms with Crippen molar-refractivity contribution < 1.29 is 38.0 Å². The lowest BCUT2D eigenvalue weighted by Gasteiger charge is -2.31. The Labute approximate surface area is 350 Å². The van der Waals surface area contributed by atoms with Crippen molar-refractivity contribution >= 4 is 13.7 Å². The maximum Gasteiger partial charge on any atom is 0.268 e. The number of phosphoric ester groups is 1. The van der Waals surface area contributed by atoms with Crippen LogP contribution in [0, 0.1) is 0 Å². The molecule has 57 heavy (non-hydrogen) atoms. The molecule has 3 N–H and O–H groups in total. The molecule has 0 rings (SSSR count). The number of hydrogen-bond donors (Lipinski definition) is 3. The second kappa shape index (κ2) is 38.4. The van der Waals surface area contributed by atoms with E-state index in [1.807, 2.05) is 21.1 Å². The number of hydrogen-bond acceptors (Lipinski definition) is 7. The van der Waals surface area contributed by atoms with Gasteiger partial charge in [-0.1, -0.05) is 171 Å². The van der Waals surface area contributed by atoms with Crippen LogP contribution in [0.3, 0.4) is 0 Å². The highest BCUT2D eigenvalue weighted by Crippen LogP contribution is 2.38. The largest absolute Gasteiger partial charge is 0.756 e. The fourth-order valence-corrected chi connectivity index (χ4v) is 6.94. The number of unbranched alkanes of at least 4 members (excludes halogenated alkanes) is 16. The number of aliphatic hydroxyl groups is 2. The molecule has 0 heterocycles. The van der Waals surface area contributed by atoms with E-state index in [4.69, 9.17) is 9.05 Å². The van der Waals surface area contributed by atoms with E-state index in [1.165, 1.54) is 51.4 Å². The SMILES string of the molecule is CC/C=C\C/C=C\C/C=C\C/C=C\C/C=C\CCCCCCCC(=O)NC(COP(=O)([O-])OCC[N+](C)(C)C)C(O)C(O)CCCCCCCCCCCCCC. The zero-order valence-electron chi connectivity index (χ0n) is 37.1. The van der Waals surface area contributed by atoms with E-state index in [0.29, 0.717) is 23.9 Å². The van der Waals surface area contributed by atoms with Crippen molar-refractivity contribution in [3.63, 3.8) is 0 Å². The van der Waals surface area contributed by atoms with Gasteiger partial charge in [0.15, 0.2) is 0 Å².